The molecule has 1 heterocycles. The first-order valence-corrected chi connectivity index (χ1v) is 11.4. The molecular formula is C29H28N4. The Balaban J connectivity index is 2.04. The number of benzene rings is 3. The summed E-state index contributed by atoms with van der Waals surface area (Å²) < 4.78 is 2.19. The maximum atomic E-state index is 10.3. The van der Waals surface area contributed by atoms with Crippen LogP contribution in [0.1, 0.15) is 25.0 Å². The lowest BCUT2D eigenvalue weighted by Crippen LogP contribution is -2.20. The summed E-state index contributed by atoms with van der Waals surface area (Å²) in [6.07, 6.45) is 1.86. The molecule has 0 saturated carbocycles. The topological polar surface area (TPSA) is 44.3 Å². The van der Waals surface area contributed by atoms with E-state index in [1.54, 1.807) is 0 Å². The summed E-state index contributed by atoms with van der Waals surface area (Å²) in [6, 6.07) is 33.3. The van der Waals surface area contributed by atoms with Gasteiger partial charge in [-0.2, -0.15) is 5.26 Å². The fourth-order valence-corrected chi connectivity index (χ4v) is 4.07. The number of hydrogen-bond donors (Lipinski definition) is 0. The molecule has 164 valence electrons. The smallest absolute Gasteiger partial charge is 0.153 e. The predicted molar refractivity (Wildman–Crippen MR) is 137 cm³/mol. The van der Waals surface area contributed by atoms with Crippen molar-refractivity contribution in [1.82, 2.24) is 9.47 Å². The van der Waals surface area contributed by atoms with Crippen molar-refractivity contribution in [2.24, 2.45) is 4.99 Å². The summed E-state index contributed by atoms with van der Waals surface area (Å²) in [4.78, 5) is 7.02. The zero-order chi connectivity index (χ0) is 23.0. The van der Waals surface area contributed by atoms with Crippen molar-refractivity contribution < 1.29 is 0 Å². The third kappa shape index (κ3) is 4.73. The minimum absolute atomic E-state index is 0.597. The molecule has 0 amide bonds. The van der Waals surface area contributed by atoms with E-state index in [0.29, 0.717) is 17.9 Å². The fourth-order valence-electron chi connectivity index (χ4n) is 4.07. The van der Waals surface area contributed by atoms with E-state index < -0.39 is 0 Å². The fraction of sp³-hybridized carbons (Fsp3) is 0.172. The lowest BCUT2D eigenvalue weighted by Gasteiger charge is -2.15. The molecule has 3 aromatic carbocycles. The molecule has 0 aliphatic heterocycles. The quantitative estimate of drug-likeness (QED) is 0.228. The molecule has 33 heavy (non-hydrogen) atoms. The molecule has 0 N–H and O–H groups in total. The van der Waals surface area contributed by atoms with Crippen LogP contribution in [0.4, 0.5) is 5.82 Å². The zero-order valence-corrected chi connectivity index (χ0v) is 19.1. The van der Waals surface area contributed by atoms with Crippen LogP contribution >= 0.6 is 0 Å². The molecule has 0 aliphatic rings. The molecule has 4 heteroatoms. The minimum Gasteiger partial charge on any atom is -0.363 e. The number of hydrogen-bond acceptors (Lipinski definition) is 2. The average Bonchev–Trinajstić information content (AvgIpc) is 3.19. The molecule has 0 fully saturated rings. The molecule has 0 unspecified atom stereocenters. The normalized spacial score (nSPS) is 10.9. The zero-order valence-electron chi connectivity index (χ0n) is 19.1. The van der Waals surface area contributed by atoms with Gasteiger partial charge in [-0.15, -0.1) is 0 Å². The van der Waals surface area contributed by atoms with E-state index in [4.69, 9.17) is 4.99 Å². The largest absolute Gasteiger partial charge is 0.363 e. The molecule has 1 aromatic heterocycles. The van der Waals surface area contributed by atoms with Gasteiger partial charge in [0, 0.05) is 25.2 Å². The van der Waals surface area contributed by atoms with Crippen molar-refractivity contribution in [1.29, 1.82) is 5.26 Å². The van der Waals surface area contributed by atoms with Gasteiger partial charge in [-0.1, -0.05) is 91.0 Å². The Morgan fingerprint density at radius 2 is 1.36 bits per heavy atom. The molecule has 4 nitrogen and oxygen atoms in total. The van der Waals surface area contributed by atoms with Crippen LogP contribution in [0, 0.1) is 11.3 Å². The van der Waals surface area contributed by atoms with Gasteiger partial charge in [-0.25, -0.2) is 4.99 Å². The third-order valence-corrected chi connectivity index (χ3v) is 5.80. The van der Waals surface area contributed by atoms with Crippen molar-refractivity contribution in [3.05, 3.63) is 102 Å². The lowest BCUT2D eigenvalue weighted by molar-refractivity contribution is 0.479. The van der Waals surface area contributed by atoms with Crippen LogP contribution in [0.5, 0.6) is 0 Å². The van der Waals surface area contributed by atoms with Crippen LogP contribution in [-0.4, -0.2) is 28.9 Å². The van der Waals surface area contributed by atoms with E-state index in [9.17, 15) is 5.26 Å². The number of aromatic nitrogens is 1. The summed E-state index contributed by atoms with van der Waals surface area (Å²) in [5, 5.41) is 10.3. The van der Waals surface area contributed by atoms with E-state index in [0.717, 1.165) is 41.0 Å². The first-order chi connectivity index (χ1) is 16.3. The van der Waals surface area contributed by atoms with Gasteiger partial charge in [0.15, 0.2) is 5.82 Å². The van der Waals surface area contributed by atoms with Crippen LogP contribution in [-0.2, 0) is 6.54 Å². The van der Waals surface area contributed by atoms with Gasteiger partial charge in [0.1, 0.15) is 11.6 Å². The SMILES string of the molecule is CCN(/C=N/c1c(C#N)c(-c2ccccc2)c(-c2ccccc2)n1Cc1ccccc1)CC. The van der Waals surface area contributed by atoms with Gasteiger partial charge in [0.25, 0.3) is 0 Å². The van der Waals surface area contributed by atoms with Gasteiger partial charge in [0.05, 0.1) is 12.0 Å². The first-order valence-electron chi connectivity index (χ1n) is 11.4. The van der Waals surface area contributed by atoms with E-state index in [2.05, 4.69) is 65.8 Å². The van der Waals surface area contributed by atoms with Gasteiger partial charge in [0.2, 0.25) is 0 Å². The van der Waals surface area contributed by atoms with Crippen molar-refractivity contribution in [2.45, 2.75) is 20.4 Å². The Kier molecular flexibility index (Phi) is 7.02. The summed E-state index contributed by atoms with van der Waals surface area (Å²) in [6.45, 7) is 6.55. The highest BCUT2D eigenvalue weighted by molar-refractivity contribution is 5.91. The second-order valence-electron chi connectivity index (χ2n) is 7.80. The maximum absolute atomic E-state index is 10.3. The minimum atomic E-state index is 0.597. The Bertz CT molecular complexity index is 1250. The Labute approximate surface area is 196 Å². The van der Waals surface area contributed by atoms with Crippen LogP contribution in [0.15, 0.2) is 96.0 Å². The van der Waals surface area contributed by atoms with Crippen molar-refractivity contribution in [2.75, 3.05) is 13.1 Å². The highest BCUT2D eigenvalue weighted by Crippen LogP contribution is 2.43. The monoisotopic (exact) mass is 432 g/mol. The van der Waals surface area contributed by atoms with E-state index in [-0.39, 0.29) is 0 Å². The van der Waals surface area contributed by atoms with Gasteiger partial charge in [-0.3, -0.25) is 0 Å². The predicted octanol–water partition coefficient (Wildman–Crippen LogP) is 6.74. The summed E-state index contributed by atoms with van der Waals surface area (Å²) in [5.41, 5.74) is 5.76. The van der Waals surface area contributed by atoms with E-state index in [1.807, 2.05) is 60.9 Å². The molecule has 0 saturated heterocycles. The number of nitrogens with zero attached hydrogens (tertiary/aromatic N) is 4. The lowest BCUT2D eigenvalue weighted by atomic mass is 9.98. The van der Waals surface area contributed by atoms with E-state index in [1.165, 1.54) is 0 Å². The van der Waals surface area contributed by atoms with Crippen molar-refractivity contribution >= 4 is 12.2 Å². The first kappa shape index (κ1) is 22.1. The highest BCUT2D eigenvalue weighted by atomic mass is 15.2. The average molecular weight is 433 g/mol. The van der Waals surface area contributed by atoms with E-state index >= 15 is 0 Å². The molecule has 4 rings (SSSR count). The summed E-state index contributed by atoms with van der Waals surface area (Å²) in [5.74, 6) is 0.686. The van der Waals surface area contributed by atoms with Crippen LogP contribution in [0.2, 0.25) is 0 Å². The van der Waals surface area contributed by atoms with Gasteiger partial charge < -0.3 is 9.47 Å². The molecular weight excluding hydrogens is 404 g/mol. The Morgan fingerprint density at radius 3 is 1.91 bits per heavy atom. The molecule has 0 bridgehead atoms. The maximum Gasteiger partial charge on any atom is 0.153 e. The Hall–Kier alpha value is -4.10. The molecule has 4 aromatic rings. The Morgan fingerprint density at radius 1 is 0.818 bits per heavy atom. The summed E-state index contributed by atoms with van der Waals surface area (Å²) >= 11 is 0. The summed E-state index contributed by atoms with van der Waals surface area (Å²) in [7, 11) is 0. The third-order valence-electron chi connectivity index (χ3n) is 5.80. The molecule has 0 radical (unpaired) electrons. The number of aliphatic imine (C=N–C) groups is 1. The second-order valence-corrected chi connectivity index (χ2v) is 7.80. The standard InChI is InChI=1S/C29H28N4/c1-3-32(4-2)22-31-29-26(20-30)27(24-16-10-6-11-17-24)28(25-18-12-7-13-19-25)33(29)21-23-14-8-5-9-15-23/h5-19,22H,3-4,21H2,1-2H3/b31-22+. The molecule has 0 spiro atoms. The van der Waals surface area contributed by atoms with Crippen molar-refractivity contribution in [3.8, 4) is 28.5 Å². The van der Waals surface area contributed by atoms with Crippen LogP contribution < -0.4 is 0 Å². The molecule has 0 atom stereocenters. The second kappa shape index (κ2) is 10.5. The van der Waals surface area contributed by atoms with Crippen LogP contribution in [0.25, 0.3) is 22.4 Å². The van der Waals surface area contributed by atoms with Crippen molar-refractivity contribution in [3.63, 3.8) is 0 Å². The molecule has 0 aliphatic carbocycles. The number of rotatable bonds is 8. The van der Waals surface area contributed by atoms with Crippen LogP contribution in [0.3, 0.4) is 0 Å². The van der Waals surface area contributed by atoms with Gasteiger partial charge >= 0.3 is 0 Å². The highest BCUT2D eigenvalue weighted by Gasteiger charge is 2.25. The van der Waals surface area contributed by atoms with Gasteiger partial charge in [-0.05, 0) is 30.5 Å². The number of nitriles is 1.